The number of likely N-dealkylation sites (tertiary alicyclic amines) is 1. The Bertz CT molecular complexity index is 1370. The predicted molar refractivity (Wildman–Crippen MR) is 142 cm³/mol. The van der Waals surface area contributed by atoms with Crippen molar-refractivity contribution >= 4 is 21.6 Å². The van der Waals surface area contributed by atoms with Crippen LogP contribution in [0.3, 0.4) is 0 Å². The maximum absolute atomic E-state index is 13.3. The number of methoxy groups -OCH3 is 2. The van der Waals surface area contributed by atoms with Crippen LogP contribution in [0.15, 0.2) is 71.6 Å². The number of aryl methyl sites for hydroxylation is 2. The van der Waals surface area contributed by atoms with Gasteiger partial charge in [0.2, 0.25) is 0 Å². The van der Waals surface area contributed by atoms with Gasteiger partial charge >= 0.3 is 0 Å². The van der Waals surface area contributed by atoms with Crippen molar-refractivity contribution in [2.45, 2.75) is 24.8 Å². The number of carbonyl (C=O) groups is 1. The summed E-state index contributed by atoms with van der Waals surface area (Å²) in [6, 6.07) is 19.0. The summed E-state index contributed by atoms with van der Waals surface area (Å²) in [5, 5.41) is 0. The number of ether oxygens (including phenoxy) is 3. The van der Waals surface area contributed by atoms with Crippen molar-refractivity contribution in [3.63, 3.8) is 0 Å². The van der Waals surface area contributed by atoms with Gasteiger partial charge in [0.05, 0.1) is 25.9 Å². The van der Waals surface area contributed by atoms with Crippen LogP contribution in [0.5, 0.6) is 11.5 Å². The molecule has 4 rings (SSSR count). The largest absolute Gasteiger partial charge is 0.495 e. The number of nitrogens with zero attached hydrogens (tertiary/aromatic N) is 1. The smallest absolute Gasteiger partial charge is 0.265 e. The third-order valence-electron chi connectivity index (χ3n) is 6.40. The van der Waals surface area contributed by atoms with E-state index >= 15 is 0 Å². The lowest BCUT2D eigenvalue weighted by atomic mass is 10.0. The molecule has 37 heavy (non-hydrogen) atoms. The van der Waals surface area contributed by atoms with Crippen LogP contribution in [-0.4, -0.2) is 59.2 Å². The molecule has 2 unspecified atom stereocenters. The number of benzene rings is 3. The molecule has 1 aliphatic rings. The first-order chi connectivity index (χ1) is 17.7. The predicted octanol–water partition coefficient (Wildman–Crippen LogP) is 4.28. The monoisotopic (exact) mass is 524 g/mol. The van der Waals surface area contributed by atoms with Gasteiger partial charge in [-0.05, 0) is 49.7 Å². The van der Waals surface area contributed by atoms with E-state index in [0.29, 0.717) is 36.7 Å². The lowest BCUT2D eigenvalue weighted by molar-refractivity contribution is 0.0771. The number of hydrogen-bond donors (Lipinski definition) is 1. The van der Waals surface area contributed by atoms with Crippen molar-refractivity contribution < 1.29 is 27.4 Å². The molecule has 1 fully saturated rings. The Morgan fingerprint density at radius 1 is 1.00 bits per heavy atom. The second-order valence-electron chi connectivity index (χ2n) is 9.18. The van der Waals surface area contributed by atoms with E-state index in [1.165, 1.54) is 13.2 Å². The van der Waals surface area contributed by atoms with Crippen LogP contribution in [0.4, 0.5) is 5.69 Å². The summed E-state index contributed by atoms with van der Waals surface area (Å²) < 4.78 is 45.5. The zero-order valence-corrected chi connectivity index (χ0v) is 22.2. The molecule has 3 aromatic rings. The molecular weight excluding hydrogens is 492 g/mol. The molecule has 0 aromatic heterocycles. The van der Waals surface area contributed by atoms with Gasteiger partial charge in [0, 0.05) is 31.2 Å². The lowest BCUT2D eigenvalue weighted by Gasteiger charge is -2.20. The molecule has 1 aliphatic heterocycles. The second kappa shape index (κ2) is 11.2. The zero-order valence-electron chi connectivity index (χ0n) is 21.4. The van der Waals surface area contributed by atoms with E-state index in [1.807, 2.05) is 32.0 Å². The third kappa shape index (κ3) is 6.06. The maximum Gasteiger partial charge on any atom is 0.265 e. The number of anilines is 1. The molecule has 0 saturated carbocycles. The van der Waals surface area contributed by atoms with Gasteiger partial charge < -0.3 is 19.1 Å². The molecule has 9 heteroatoms. The molecule has 0 bridgehead atoms. The molecule has 1 heterocycles. The fourth-order valence-corrected chi connectivity index (χ4v) is 5.73. The number of nitrogens with one attached hydrogen (secondary N) is 1. The highest BCUT2D eigenvalue weighted by Crippen LogP contribution is 2.29. The molecule has 0 spiro atoms. The summed E-state index contributed by atoms with van der Waals surface area (Å²) in [7, 11) is -0.831. The molecule has 8 nitrogen and oxygen atoms in total. The molecule has 196 valence electrons. The Hall–Kier alpha value is -3.56. The van der Waals surface area contributed by atoms with E-state index in [2.05, 4.69) is 4.72 Å². The summed E-state index contributed by atoms with van der Waals surface area (Å²) in [4.78, 5) is 15.1. The van der Waals surface area contributed by atoms with Crippen LogP contribution in [0.1, 0.15) is 21.5 Å². The average Bonchev–Trinajstić information content (AvgIpc) is 3.27. The Kier molecular flexibility index (Phi) is 8.04. The Balaban J connectivity index is 1.51. The highest BCUT2D eigenvalue weighted by molar-refractivity contribution is 7.92. The van der Waals surface area contributed by atoms with Gasteiger partial charge in [-0.1, -0.05) is 35.9 Å². The highest BCUT2D eigenvalue weighted by atomic mass is 32.2. The topological polar surface area (TPSA) is 94.2 Å². The Morgan fingerprint density at radius 2 is 1.78 bits per heavy atom. The van der Waals surface area contributed by atoms with Gasteiger partial charge in [-0.3, -0.25) is 9.52 Å². The Labute approximate surface area is 218 Å². The van der Waals surface area contributed by atoms with Gasteiger partial charge in [0.15, 0.2) is 0 Å². The first-order valence-corrected chi connectivity index (χ1v) is 13.5. The van der Waals surface area contributed by atoms with Gasteiger partial charge in [-0.15, -0.1) is 0 Å². The van der Waals surface area contributed by atoms with E-state index in [4.69, 9.17) is 14.2 Å². The quantitative estimate of drug-likeness (QED) is 0.449. The molecule has 0 aliphatic carbocycles. The normalized spacial score (nSPS) is 17.5. The van der Waals surface area contributed by atoms with Crippen LogP contribution >= 0.6 is 0 Å². The van der Waals surface area contributed by atoms with Gasteiger partial charge in [-0.25, -0.2) is 8.42 Å². The molecule has 3 aromatic carbocycles. The Morgan fingerprint density at radius 3 is 2.54 bits per heavy atom. The lowest BCUT2D eigenvalue weighted by Crippen LogP contribution is -2.31. The second-order valence-corrected chi connectivity index (χ2v) is 10.8. The van der Waals surface area contributed by atoms with Crippen LogP contribution in [0, 0.1) is 19.8 Å². The molecule has 1 N–H and O–H groups in total. The number of carbonyl (C=O) groups excluding carboxylic acids is 1. The third-order valence-corrected chi connectivity index (χ3v) is 7.83. The molecule has 0 radical (unpaired) electrons. The average molecular weight is 525 g/mol. The number of para-hydroxylation sites is 1. The molecular formula is C28H32N2O6S. The number of sulfonamides is 1. The number of rotatable bonds is 9. The fourth-order valence-electron chi connectivity index (χ4n) is 4.51. The summed E-state index contributed by atoms with van der Waals surface area (Å²) in [5.41, 5.74) is 3.00. The number of hydrogen-bond acceptors (Lipinski definition) is 6. The van der Waals surface area contributed by atoms with E-state index < -0.39 is 10.0 Å². The van der Waals surface area contributed by atoms with Crippen LogP contribution in [0.2, 0.25) is 0 Å². The standard InChI is InChI=1S/C28H32N2O6S/c1-19-12-13-20(2)24(14-19)28(31)30-16-21(18-34-3)26(17-30)36-23-9-7-8-22(15-23)29-37(32,33)27-11-6-5-10-25(27)35-4/h5-15,21,26,29H,16-18H2,1-4H3. The first-order valence-electron chi connectivity index (χ1n) is 12.0. The zero-order chi connectivity index (χ0) is 26.6. The van der Waals surface area contributed by atoms with Crippen LogP contribution in [-0.2, 0) is 14.8 Å². The molecule has 1 saturated heterocycles. The van der Waals surface area contributed by atoms with E-state index in [9.17, 15) is 13.2 Å². The maximum atomic E-state index is 13.3. The van der Waals surface area contributed by atoms with E-state index in [0.717, 1.165) is 11.1 Å². The van der Waals surface area contributed by atoms with E-state index in [1.54, 1.807) is 54.5 Å². The number of amides is 1. The molecule has 1 amide bonds. The van der Waals surface area contributed by atoms with E-state index in [-0.39, 0.29) is 28.6 Å². The minimum atomic E-state index is -3.88. The SMILES string of the molecule is COCC1CN(C(=O)c2cc(C)ccc2C)CC1Oc1cccc(NS(=O)(=O)c2ccccc2OC)c1. The van der Waals surface area contributed by atoms with Gasteiger partial charge in [-0.2, -0.15) is 0 Å². The molecule has 2 atom stereocenters. The van der Waals surface area contributed by atoms with Crippen LogP contribution < -0.4 is 14.2 Å². The van der Waals surface area contributed by atoms with Crippen LogP contribution in [0.25, 0.3) is 0 Å². The van der Waals surface area contributed by atoms with Crippen molar-refractivity contribution in [2.24, 2.45) is 5.92 Å². The van der Waals surface area contributed by atoms with Crippen molar-refractivity contribution in [3.05, 3.63) is 83.4 Å². The van der Waals surface area contributed by atoms with Crippen molar-refractivity contribution in [1.29, 1.82) is 0 Å². The summed E-state index contributed by atoms with van der Waals surface area (Å²) >= 11 is 0. The minimum absolute atomic E-state index is 0.0343. The minimum Gasteiger partial charge on any atom is -0.495 e. The van der Waals surface area contributed by atoms with Gasteiger partial charge in [0.25, 0.3) is 15.9 Å². The van der Waals surface area contributed by atoms with Gasteiger partial charge in [0.1, 0.15) is 22.5 Å². The summed E-state index contributed by atoms with van der Waals surface area (Å²) in [6.07, 6.45) is -0.310. The summed E-state index contributed by atoms with van der Waals surface area (Å²) in [5.74, 6) is 0.677. The van der Waals surface area contributed by atoms with Crippen molar-refractivity contribution in [3.8, 4) is 11.5 Å². The first kappa shape index (κ1) is 26.5. The van der Waals surface area contributed by atoms with Crippen molar-refractivity contribution in [1.82, 2.24) is 4.90 Å². The van der Waals surface area contributed by atoms with Crippen molar-refractivity contribution in [2.75, 3.05) is 38.6 Å². The highest BCUT2D eigenvalue weighted by Gasteiger charge is 2.37. The fraction of sp³-hybridized carbons (Fsp3) is 0.321. The summed E-state index contributed by atoms with van der Waals surface area (Å²) in [6.45, 7) is 5.24.